The van der Waals surface area contributed by atoms with E-state index in [1.807, 2.05) is 0 Å². The van der Waals surface area contributed by atoms with Crippen molar-refractivity contribution in [3.05, 3.63) is 0 Å². The Hall–Kier alpha value is 4.35. The zero-order chi connectivity index (χ0) is 17.7. The van der Waals surface area contributed by atoms with Crippen LogP contribution >= 0.6 is 0 Å². The maximum absolute atomic E-state index is 9.00. The quantitative estimate of drug-likeness (QED) is 0.234. The molecule has 0 bridgehead atoms. The smallest absolute Gasteiger partial charge is 0.300 e. The maximum Gasteiger partial charge on any atom is 0.300 e. The van der Waals surface area contributed by atoms with E-state index < -0.39 is 23.9 Å². The molecule has 10 nitrogen and oxygen atoms in total. The predicted octanol–water partition coefficient (Wildman–Crippen LogP) is -2.26. The molecule has 0 aliphatic carbocycles. The molecule has 0 saturated heterocycles. The minimum absolute atomic E-state index is 0. The number of rotatable bonds is 1. The minimum atomic E-state index is -0.833. The van der Waals surface area contributed by atoms with E-state index in [2.05, 4.69) is 0 Å². The summed E-state index contributed by atoms with van der Waals surface area (Å²) in [6.07, 6.45) is 0. The first kappa shape index (κ1) is 56.6. The van der Waals surface area contributed by atoms with Crippen LogP contribution in [0, 0.1) is 0 Å². The molecule has 14 heteroatoms. The summed E-state index contributed by atoms with van der Waals surface area (Å²) in [5.41, 5.74) is 9.81. The van der Waals surface area contributed by atoms with Gasteiger partial charge in [0.15, 0.2) is 0 Å². The van der Waals surface area contributed by atoms with Gasteiger partial charge in [0.25, 0.3) is 23.9 Å². The van der Waals surface area contributed by atoms with Crippen molar-refractivity contribution in [3.8, 4) is 0 Å². The molecule has 8 N–H and O–H groups in total. The van der Waals surface area contributed by atoms with Gasteiger partial charge >= 0.3 is 0 Å². The SMILES string of the molecule is CC(=O)O.CC(=O)O.CC(=O)O.CC(=O)O.NCCN.[K].[K].[K].[K]. The minimum Gasteiger partial charge on any atom is -0.481 e. The first-order valence-electron chi connectivity index (χ1n) is 5.03. The summed E-state index contributed by atoms with van der Waals surface area (Å²) in [4.78, 5) is 36.0. The van der Waals surface area contributed by atoms with Gasteiger partial charge < -0.3 is 31.9 Å². The van der Waals surface area contributed by atoms with Crippen LogP contribution in [0.2, 0.25) is 0 Å². The van der Waals surface area contributed by atoms with E-state index in [0.717, 1.165) is 27.7 Å². The number of aliphatic carboxylic acids is 4. The number of carboxylic acid groups (broad SMARTS) is 4. The molecule has 0 spiro atoms. The van der Waals surface area contributed by atoms with Crippen molar-refractivity contribution in [2.24, 2.45) is 11.5 Å². The third kappa shape index (κ3) is 592. The van der Waals surface area contributed by atoms with Gasteiger partial charge in [-0.3, -0.25) is 19.2 Å². The zero-order valence-electron chi connectivity index (χ0n) is 16.0. The van der Waals surface area contributed by atoms with E-state index in [1.54, 1.807) is 0 Å². The summed E-state index contributed by atoms with van der Waals surface area (Å²) in [6, 6.07) is 0. The van der Waals surface area contributed by atoms with Crippen LogP contribution in [0.15, 0.2) is 0 Å². The molecule has 0 aromatic heterocycles. The number of hydrogen-bond acceptors (Lipinski definition) is 6. The van der Waals surface area contributed by atoms with Gasteiger partial charge in [-0.2, -0.15) is 0 Å². The Morgan fingerprint density at radius 2 is 0.583 bits per heavy atom. The second-order valence-electron chi connectivity index (χ2n) is 2.65. The summed E-state index contributed by atoms with van der Waals surface area (Å²) < 4.78 is 0. The third-order valence-corrected chi connectivity index (χ3v) is 0.167. The average molecular weight is 457 g/mol. The topological polar surface area (TPSA) is 201 Å². The first-order chi connectivity index (χ1) is 8.84. The molecule has 126 valence electrons. The third-order valence-electron chi connectivity index (χ3n) is 0.167. The van der Waals surface area contributed by atoms with Crippen LogP contribution in [-0.4, -0.2) is 263 Å². The summed E-state index contributed by atoms with van der Waals surface area (Å²) in [5, 5.41) is 29.7. The van der Waals surface area contributed by atoms with Crippen LogP contribution in [0.25, 0.3) is 0 Å². The number of carbonyl (C=O) groups is 4. The molecule has 0 fully saturated rings. The van der Waals surface area contributed by atoms with Crippen LogP contribution in [0.4, 0.5) is 0 Å². The van der Waals surface area contributed by atoms with E-state index >= 15 is 0 Å². The molecule has 0 aliphatic rings. The standard InChI is InChI=1S/C2H8N2.4C2H4O2.4K/c3-1-2-4;4*1-2(3)4;;;;/h1-4H2;4*1H3,(H,3,4);;;;. The molecule has 0 aromatic carbocycles. The Morgan fingerprint density at radius 3 is 0.583 bits per heavy atom. The normalized spacial score (nSPS) is 5.42. The summed E-state index contributed by atoms with van der Waals surface area (Å²) >= 11 is 0. The number of hydrogen-bond donors (Lipinski definition) is 6. The zero-order valence-corrected chi connectivity index (χ0v) is 28.5. The van der Waals surface area contributed by atoms with Crippen LogP contribution in [-0.2, 0) is 19.2 Å². The largest absolute Gasteiger partial charge is 0.481 e. The van der Waals surface area contributed by atoms with Gasteiger partial charge in [-0.25, -0.2) is 0 Å². The van der Waals surface area contributed by atoms with Crippen molar-refractivity contribution in [1.82, 2.24) is 0 Å². The van der Waals surface area contributed by atoms with E-state index in [4.69, 9.17) is 51.1 Å². The second-order valence-corrected chi connectivity index (χ2v) is 2.65. The van der Waals surface area contributed by atoms with Gasteiger partial charge in [0.05, 0.1) is 0 Å². The van der Waals surface area contributed by atoms with Crippen LogP contribution in [0.5, 0.6) is 0 Å². The van der Waals surface area contributed by atoms with Crippen molar-refractivity contribution >= 4 is 229 Å². The molecule has 0 heterocycles. The van der Waals surface area contributed by atoms with E-state index in [-0.39, 0.29) is 206 Å². The van der Waals surface area contributed by atoms with Crippen molar-refractivity contribution in [3.63, 3.8) is 0 Å². The Balaban J connectivity index is -0.0000000161. The fraction of sp³-hybridized carbons (Fsp3) is 0.600. The second kappa shape index (κ2) is 56.4. The van der Waals surface area contributed by atoms with E-state index in [9.17, 15) is 0 Å². The van der Waals surface area contributed by atoms with Gasteiger partial charge in [-0.1, -0.05) is 0 Å². The van der Waals surface area contributed by atoms with Gasteiger partial charge in [0.2, 0.25) is 0 Å². The Bertz CT molecular complexity index is 205. The molecule has 24 heavy (non-hydrogen) atoms. The molecule has 0 aliphatic heterocycles. The fourth-order valence-electron chi connectivity index (χ4n) is 0. The van der Waals surface area contributed by atoms with Crippen molar-refractivity contribution in [1.29, 1.82) is 0 Å². The van der Waals surface area contributed by atoms with Crippen LogP contribution in [0.3, 0.4) is 0 Å². The molecular weight excluding hydrogens is 433 g/mol. The average Bonchev–Trinajstić information content (AvgIpc) is 2.13. The first-order valence-corrected chi connectivity index (χ1v) is 5.03. The molecule has 0 saturated carbocycles. The summed E-state index contributed by atoms with van der Waals surface area (Å²) in [5.74, 6) is -3.33. The molecule has 0 aromatic rings. The van der Waals surface area contributed by atoms with Crippen LogP contribution < -0.4 is 11.5 Å². The number of nitrogens with two attached hydrogens (primary N) is 2. The van der Waals surface area contributed by atoms with Crippen molar-refractivity contribution < 1.29 is 39.6 Å². The molecular formula is C10H24K4N2O8. The monoisotopic (exact) mass is 456 g/mol. The van der Waals surface area contributed by atoms with Gasteiger partial charge in [-0.05, 0) is 0 Å². The fourth-order valence-corrected chi connectivity index (χ4v) is 0. The molecule has 0 rings (SSSR count). The summed E-state index contributed by atoms with van der Waals surface area (Å²) in [7, 11) is 0. The van der Waals surface area contributed by atoms with Crippen LogP contribution in [0.1, 0.15) is 27.7 Å². The Kier molecular flexibility index (Phi) is 133. The van der Waals surface area contributed by atoms with Gasteiger partial charge in [-0.15, -0.1) is 0 Å². The molecule has 0 atom stereocenters. The van der Waals surface area contributed by atoms with Gasteiger partial charge in [0, 0.05) is 246 Å². The molecule has 4 radical (unpaired) electrons. The van der Waals surface area contributed by atoms with Gasteiger partial charge in [0.1, 0.15) is 0 Å². The van der Waals surface area contributed by atoms with Crippen molar-refractivity contribution in [2.45, 2.75) is 27.7 Å². The number of carboxylic acids is 4. The predicted molar refractivity (Wildman–Crippen MR) is 94.4 cm³/mol. The summed E-state index contributed by atoms with van der Waals surface area (Å²) in [6.45, 7) is 5.53. The Labute approximate surface area is 312 Å². The van der Waals surface area contributed by atoms with Crippen molar-refractivity contribution in [2.75, 3.05) is 13.1 Å². The Morgan fingerprint density at radius 1 is 0.542 bits per heavy atom. The molecule has 0 unspecified atom stereocenters. The maximum atomic E-state index is 9.00. The van der Waals surface area contributed by atoms with E-state index in [0.29, 0.717) is 13.1 Å². The molecule has 0 amide bonds. The van der Waals surface area contributed by atoms with E-state index in [1.165, 1.54) is 0 Å².